The fourth-order valence-corrected chi connectivity index (χ4v) is 2.43. The molecule has 5 nitrogen and oxygen atoms in total. The molecule has 0 saturated carbocycles. The fraction of sp³-hybridized carbons (Fsp3) is 0.333. The maximum atomic E-state index is 11.8. The molecule has 1 aliphatic heterocycles. The lowest BCUT2D eigenvalue weighted by Gasteiger charge is -2.23. The summed E-state index contributed by atoms with van der Waals surface area (Å²) in [6.45, 7) is 1.36. The highest BCUT2D eigenvalue weighted by Gasteiger charge is 2.40. The summed E-state index contributed by atoms with van der Waals surface area (Å²) in [5.74, 6) is -1.25. The molecule has 20 heavy (non-hydrogen) atoms. The van der Waals surface area contributed by atoms with Gasteiger partial charge in [0.05, 0.1) is 11.6 Å². The highest BCUT2D eigenvalue weighted by Crippen LogP contribution is 2.36. The minimum Gasteiger partial charge on any atom is -0.503 e. The van der Waals surface area contributed by atoms with E-state index in [9.17, 15) is 14.7 Å². The van der Waals surface area contributed by atoms with E-state index in [2.05, 4.69) is 0 Å². The van der Waals surface area contributed by atoms with Gasteiger partial charge in [-0.15, -0.1) is 0 Å². The Kier molecular flexibility index (Phi) is 3.53. The third-order valence-corrected chi connectivity index (χ3v) is 3.54. The van der Waals surface area contributed by atoms with Gasteiger partial charge in [-0.1, -0.05) is 12.1 Å². The van der Waals surface area contributed by atoms with Crippen molar-refractivity contribution in [2.45, 2.75) is 13.0 Å². The van der Waals surface area contributed by atoms with Crippen molar-refractivity contribution in [1.29, 1.82) is 0 Å². The SMILES string of the molecule is CC(=O)C1=C(O)C(=O)N(C)[C@@H]1c1ccc(N(C)C)cc1. The zero-order chi connectivity index (χ0) is 15.0. The summed E-state index contributed by atoms with van der Waals surface area (Å²) in [5, 5.41) is 9.83. The van der Waals surface area contributed by atoms with Crippen LogP contribution >= 0.6 is 0 Å². The van der Waals surface area contributed by atoms with E-state index in [1.165, 1.54) is 11.8 Å². The van der Waals surface area contributed by atoms with Crippen LogP contribution in [0.2, 0.25) is 0 Å². The number of aliphatic hydroxyl groups is 1. The number of ketones is 1. The lowest BCUT2D eigenvalue weighted by atomic mass is 9.97. The third kappa shape index (κ3) is 2.15. The van der Waals surface area contributed by atoms with Crippen LogP contribution in [0.4, 0.5) is 5.69 Å². The molecule has 5 heteroatoms. The Hall–Kier alpha value is -2.30. The number of likely N-dealkylation sites (N-methyl/N-ethyl adjacent to an activating group) is 1. The predicted octanol–water partition coefficient (Wildman–Crippen LogP) is 1.67. The van der Waals surface area contributed by atoms with Crippen molar-refractivity contribution in [3.8, 4) is 0 Å². The number of rotatable bonds is 3. The Morgan fingerprint density at radius 1 is 1.25 bits per heavy atom. The number of nitrogens with zero attached hydrogens (tertiary/aromatic N) is 2. The van der Waals surface area contributed by atoms with Crippen LogP contribution in [0.1, 0.15) is 18.5 Å². The van der Waals surface area contributed by atoms with Crippen LogP contribution in [0, 0.1) is 0 Å². The van der Waals surface area contributed by atoms with Crippen LogP contribution in [0.25, 0.3) is 0 Å². The van der Waals surface area contributed by atoms with Crippen molar-refractivity contribution in [3.05, 3.63) is 41.2 Å². The molecule has 0 bridgehead atoms. The average Bonchev–Trinajstić information content (AvgIpc) is 2.63. The molecule has 106 valence electrons. The quantitative estimate of drug-likeness (QED) is 0.910. The van der Waals surface area contributed by atoms with Crippen LogP contribution in [0.3, 0.4) is 0 Å². The smallest absolute Gasteiger partial charge is 0.289 e. The molecule has 0 aromatic heterocycles. The highest BCUT2D eigenvalue weighted by molar-refractivity contribution is 6.07. The van der Waals surface area contributed by atoms with Crippen LogP contribution in [0.5, 0.6) is 0 Å². The molecule has 1 aliphatic rings. The van der Waals surface area contributed by atoms with Gasteiger partial charge in [0, 0.05) is 26.8 Å². The molecule has 1 aromatic rings. The van der Waals surface area contributed by atoms with E-state index in [1.807, 2.05) is 43.3 Å². The third-order valence-electron chi connectivity index (χ3n) is 3.54. The summed E-state index contributed by atoms with van der Waals surface area (Å²) in [4.78, 5) is 26.9. The molecule has 0 unspecified atom stereocenters. The van der Waals surface area contributed by atoms with E-state index in [0.717, 1.165) is 11.3 Å². The normalized spacial score (nSPS) is 18.7. The van der Waals surface area contributed by atoms with Crippen LogP contribution in [-0.2, 0) is 9.59 Å². The largest absolute Gasteiger partial charge is 0.503 e. The first-order valence-corrected chi connectivity index (χ1v) is 6.33. The van der Waals surface area contributed by atoms with Crippen LogP contribution in [0.15, 0.2) is 35.6 Å². The van der Waals surface area contributed by atoms with E-state index in [4.69, 9.17) is 0 Å². The fourth-order valence-electron chi connectivity index (χ4n) is 2.43. The summed E-state index contributed by atoms with van der Waals surface area (Å²) in [7, 11) is 5.46. The van der Waals surface area contributed by atoms with Gasteiger partial charge in [0.1, 0.15) is 0 Å². The number of amides is 1. The van der Waals surface area contributed by atoms with Crippen molar-refractivity contribution in [2.24, 2.45) is 0 Å². The summed E-state index contributed by atoms with van der Waals surface area (Å²) in [6.07, 6.45) is 0. The molecule has 0 fully saturated rings. The average molecular weight is 274 g/mol. The van der Waals surface area contributed by atoms with Crippen molar-refractivity contribution < 1.29 is 14.7 Å². The Bertz CT molecular complexity index is 588. The van der Waals surface area contributed by atoms with Gasteiger partial charge in [-0.3, -0.25) is 9.59 Å². The minimum absolute atomic E-state index is 0.162. The van der Waals surface area contributed by atoms with Gasteiger partial charge in [0.15, 0.2) is 11.5 Å². The lowest BCUT2D eigenvalue weighted by Crippen LogP contribution is -2.26. The van der Waals surface area contributed by atoms with Crippen molar-refractivity contribution >= 4 is 17.4 Å². The molecule has 2 rings (SSSR count). The topological polar surface area (TPSA) is 60.9 Å². The highest BCUT2D eigenvalue weighted by atomic mass is 16.3. The molecule has 1 N–H and O–H groups in total. The number of anilines is 1. The van der Waals surface area contributed by atoms with Gasteiger partial charge in [-0.25, -0.2) is 0 Å². The number of carbonyl (C=O) groups is 2. The monoisotopic (exact) mass is 274 g/mol. The predicted molar refractivity (Wildman–Crippen MR) is 76.6 cm³/mol. The zero-order valence-corrected chi connectivity index (χ0v) is 12.0. The standard InChI is InChI=1S/C15H18N2O3/c1-9(18)12-13(17(4)15(20)14(12)19)10-5-7-11(8-6-10)16(2)3/h5-8,13,19H,1-4H3/t13-/m1/s1. The second kappa shape index (κ2) is 5.00. The number of hydrogen-bond donors (Lipinski definition) is 1. The maximum absolute atomic E-state index is 11.8. The lowest BCUT2D eigenvalue weighted by molar-refractivity contribution is -0.128. The van der Waals surface area contributed by atoms with Gasteiger partial charge >= 0.3 is 0 Å². The van der Waals surface area contributed by atoms with E-state index in [-0.39, 0.29) is 11.4 Å². The summed E-state index contributed by atoms with van der Waals surface area (Å²) in [6, 6.07) is 7.05. The van der Waals surface area contributed by atoms with Crippen molar-refractivity contribution in [2.75, 3.05) is 26.0 Å². The van der Waals surface area contributed by atoms with Gasteiger partial charge in [-0.05, 0) is 24.6 Å². The van der Waals surface area contributed by atoms with Gasteiger partial charge in [0.25, 0.3) is 5.91 Å². The molecule has 1 amide bonds. The molecular weight excluding hydrogens is 256 g/mol. The Morgan fingerprint density at radius 2 is 1.80 bits per heavy atom. The molecular formula is C15H18N2O3. The Labute approximate surface area is 118 Å². The van der Waals surface area contributed by atoms with Gasteiger partial charge < -0.3 is 14.9 Å². The molecule has 0 radical (unpaired) electrons. The summed E-state index contributed by atoms with van der Waals surface area (Å²) < 4.78 is 0. The minimum atomic E-state index is -0.517. The molecule has 1 atom stereocenters. The number of aliphatic hydroxyl groups excluding tert-OH is 1. The van der Waals surface area contributed by atoms with Crippen molar-refractivity contribution in [3.63, 3.8) is 0 Å². The number of benzene rings is 1. The first kappa shape index (κ1) is 14.1. The molecule has 1 heterocycles. The molecule has 1 aromatic carbocycles. The molecule has 0 saturated heterocycles. The second-order valence-electron chi connectivity index (χ2n) is 5.12. The molecule has 0 spiro atoms. The number of carbonyl (C=O) groups excluding carboxylic acids is 2. The van der Waals surface area contributed by atoms with Crippen LogP contribution in [-0.4, -0.2) is 42.8 Å². The van der Waals surface area contributed by atoms with E-state index < -0.39 is 17.7 Å². The van der Waals surface area contributed by atoms with Crippen molar-refractivity contribution in [1.82, 2.24) is 4.90 Å². The van der Waals surface area contributed by atoms with Crippen LogP contribution < -0.4 is 4.90 Å². The Balaban J connectivity index is 2.45. The first-order valence-electron chi connectivity index (χ1n) is 6.33. The summed E-state index contributed by atoms with van der Waals surface area (Å²) >= 11 is 0. The van der Waals surface area contributed by atoms with Gasteiger partial charge in [0.2, 0.25) is 0 Å². The van der Waals surface area contributed by atoms with E-state index >= 15 is 0 Å². The maximum Gasteiger partial charge on any atom is 0.289 e. The van der Waals surface area contributed by atoms with E-state index in [1.54, 1.807) is 7.05 Å². The zero-order valence-electron chi connectivity index (χ0n) is 12.0. The first-order chi connectivity index (χ1) is 9.34. The summed E-state index contributed by atoms with van der Waals surface area (Å²) in [5.41, 5.74) is 1.99. The second-order valence-corrected chi connectivity index (χ2v) is 5.12. The number of Topliss-reactive ketones (excluding diaryl/α,β-unsaturated/α-hetero) is 1. The van der Waals surface area contributed by atoms with E-state index in [0.29, 0.717) is 0 Å². The molecule has 0 aliphatic carbocycles. The van der Waals surface area contributed by atoms with Gasteiger partial charge in [-0.2, -0.15) is 0 Å². The Morgan fingerprint density at radius 3 is 2.25 bits per heavy atom. The number of hydrogen-bond acceptors (Lipinski definition) is 4.